The van der Waals surface area contributed by atoms with Crippen LogP contribution in [-0.2, 0) is 0 Å². The van der Waals surface area contributed by atoms with Gasteiger partial charge in [0.25, 0.3) is 0 Å². The second-order valence-electron chi connectivity index (χ2n) is 17.9. The normalized spacial score (nSPS) is 10.7. The van der Waals surface area contributed by atoms with E-state index in [1.165, 1.54) is 61.1 Å². The van der Waals surface area contributed by atoms with Crippen molar-refractivity contribution >= 4 is 43.9 Å². The zero-order chi connectivity index (χ0) is 58.2. The SMILES string of the molecule is COc1ccc(-c2cc(=O)c3c(O)cc(O)cc3o2)cc1.COc1ccc(-c2cc(=O)c3ccc(O)cc3o2)cc1.COc1ccc(-c2coc3cc(O)cc(O)c3c2=O)cc1.COc1ccc(-c2coc3cc(O)ccc3c2=O)cc1. The number of hydrogen-bond donors (Lipinski definition) is 6. The van der Waals surface area contributed by atoms with E-state index in [1.54, 1.807) is 126 Å². The molecule has 82 heavy (non-hydrogen) atoms. The van der Waals surface area contributed by atoms with Crippen molar-refractivity contribution in [2.45, 2.75) is 0 Å². The third kappa shape index (κ3) is 12.2. The lowest BCUT2D eigenvalue weighted by atomic mass is 10.0. The van der Waals surface area contributed by atoms with Crippen LogP contribution in [0.15, 0.2) is 219 Å². The third-order valence-electron chi connectivity index (χ3n) is 12.7. The van der Waals surface area contributed by atoms with Gasteiger partial charge in [-0.25, -0.2) is 0 Å². The highest BCUT2D eigenvalue weighted by molar-refractivity contribution is 5.89. The van der Waals surface area contributed by atoms with Crippen LogP contribution in [0.1, 0.15) is 0 Å². The van der Waals surface area contributed by atoms with Crippen molar-refractivity contribution in [3.63, 3.8) is 0 Å². The molecular weight excluding hydrogens is 1060 g/mol. The van der Waals surface area contributed by atoms with E-state index in [0.717, 1.165) is 34.8 Å². The van der Waals surface area contributed by atoms with Crippen molar-refractivity contribution in [1.29, 1.82) is 0 Å². The van der Waals surface area contributed by atoms with Crippen molar-refractivity contribution in [3.05, 3.63) is 223 Å². The Balaban J connectivity index is 0.000000132. The van der Waals surface area contributed by atoms with Gasteiger partial charge in [-0.15, -0.1) is 0 Å². The van der Waals surface area contributed by atoms with E-state index in [1.807, 2.05) is 12.1 Å². The molecule has 18 nitrogen and oxygen atoms in total. The minimum Gasteiger partial charge on any atom is -0.508 e. The minimum absolute atomic E-state index is 0.0427. The molecule has 0 radical (unpaired) electrons. The van der Waals surface area contributed by atoms with Gasteiger partial charge in [0.2, 0.25) is 5.43 Å². The molecule has 0 spiro atoms. The summed E-state index contributed by atoms with van der Waals surface area (Å²) in [4.78, 5) is 49.0. The molecule has 0 aliphatic carbocycles. The van der Waals surface area contributed by atoms with Gasteiger partial charge in [-0.1, -0.05) is 24.3 Å². The number of benzene rings is 8. The topological polar surface area (TPSA) is 279 Å². The fourth-order valence-corrected chi connectivity index (χ4v) is 8.47. The van der Waals surface area contributed by atoms with Gasteiger partial charge in [0, 0.05) is 59.7 Å². The number of ether oxygens (including phenoxy) is 4. The molecule has 0 saturated heterocycles. The standard InChI is InChI=1S/2C16H12O5.2C16H12O4/c1-20-11-4-2-9(3-5-11)12-8-21-14-7-10(17)6-13(18)15(14)16(12)19;1-20-11-4-2-9(3-5-11)14-8-13(19)16-12(18)6-10(17)7-15(16)21-14;1-19-12-5-2-10(3-6-12)15-9-14(18)13-7-4-11(17)8-16(13)20-15;1-19-12-5-2-10(3-6-12)14-9-20-15-8-11(17)4-7-13(15)16(14)18/h2*2-8,17-18H,1H3;2*2-9,17H,1H3. The van der Waals surface area contributed by atoms with Crippen LogP contribution in [0.2, 0.25) is 0 Å². The number of rotatable bonds is 8. The quantitative estimate of drug-likeness (QED) is 0.0825. The Hall–Kier alpha value is -11.4. The fourth-order valence-electron chi connectivity index (χ4n) is 8.47. The van der Waals surface area contributed by atoms with Crippen LogP contribution in [-0.4, -0.2) is 59.1 Å². The molecule has 0 aliphatic rings. The van der Waals surface area contributed by atoms with Gasteiger partial charge in [0.05, 0.1) is 50.3 Å². The molecule has 0 unspecified atom stereocenters. The smallest absolute Gasteiger partial charge is 0.204 e. The molecule has 412 valence electrons. The second-order valence-corrected chi connectivity index (χ2v) is 17.9. The predicted octanol–water partition coefficient (Wildman–Crippen LogP) is 12.1. The Morgan fingerprint density at radius 2 is 0.707 bits per heavy atom. The highest BCUT2D eigenvalue weighted by Crippen LogP contribution is 2.33. The summed E-state index contributed by atoms with van der Waals surface area (Å²) in [5, 5.41) is 58.3. The lowest BCUT2D eigenvalue weighted by molar-refractivity contribution is 0.414. The first-order valence-corrected chi connectivity index (χ1v) is 24.6. The summed E-state index contributed by atoms with van der Waals surface area (Å²) in [6.07, 6.45) is 2.72. The van der Waals surface area contributed by atoms with E-state index in [4.69, 9.17) is 36.6 Å². The summed E-state index contributed by atoms with van der Waals surface area (Å²) in [6.45, 7) is 0. The van der Waals surface area contributed by atoms with Gasteiger partial charge >= 0.3 is 0 Å². The Morgan fingerprint density at radius 1 is 0.329 bits per heavy atom. The van der Waals surface area contributed by atoms with Crippen molar-refractivity contribution < 1.29 is 67.3 Å². The number of phenolic OH excluding ortho intramolecular Hbond substituents is 6. The Labute approximate surface area is 463 Å². The first-order chi connectivity index (χ1) is 39.5. The average Bonchev–Trinajstić information content (AvgIpc) is 3.66. The Bertz CT molecular complexity index is 4520. The van der Waals surface area contributed by atoms with Crippen molar-refractivity contribution in [3.8, 4) is 102 Å². The summed E-state index contributed by atoms with van der Waals surface area (Å²) >= 11 is 0. The van der Waals surface area contributed by atoms with E-state index in [0.29, 0.717) is 67.2 Å². The van der Waals surface area contributed by atoms with Gasteiger partial charge < -0.3 is 67.3 Å². The summed E-state index contributed by atoms with van der Waals surface area (Å²) in [7, 11) is 6.31. The molecule has 8 aromatic carbocycles. The summed E-state index contributed by atoms with van der Waals surface area (Å²) < 4.78 is 42.4. The van der Waals surface area contributed by atoms with E-state index in [9.17, 15) is 49.8 Å². The number of hydrogen-bond acceptors (Lipinski definition) is 18. The number of aromatic hydroxyl groups is 6. The van der Waals surface area contributed by atoms with Crippen molar-refractivity contribution in [2.24, 2.45) is 0 Å². The maximum atomic E-state index is 12.5. The molecule has 0 fully saturated rings. The van der Waals surface area contributed by atoms with E-state index in [-0.39, 0.29) is 78.2 Å². The monoisotopic (exact) mass is 1100 g/mol. The van der Waals surface area contributed by atoms with Crippen molar-refractivity contribution in [2.75, 3.05) is 28.4 Å². The lowest BCUT2D eigenvalue weighted by Crippen LogP contribution is -2.05. The number of methoxy groups -OCH3 is 4. The van der Waals surface area contributed by atoms with Crippen LogP contribution in [0, 0.1) is 0 Å². The van der Waals surface area contributed by atoms with E-state index in [2.05, 4.69) is 0 Å². The maximum Gasteiger partial charge on any atom is 0.204 e. The molecule has 0 saturated carbocycles. The van der Waals surface area contributed by atoms with Gasteiger partial charge in [-0.3, -0.25) is 19.2 Å². The van der Waals surface area contributed by atoms with Crippen molar-refractivity contribution in [1.82, 2.24) is 0 Å². The van der Waals surface area contributed by atoms with Gasteiger partial charge in [-0.2, -0.15) is 0 Å². The van der Waals surface area contributed by atoms with Crippen LogP contribution in [0.25, 0.3) is 88.8 Å². The summed E-state index contributed by atoms with van der Waals surface area (Å²) in [6, 6.07) is 44.8. The zero-order valence-corrected chi connectivity index (χ0v) is 43.9. The number of fused-ring (bicyclic) bond motifs is 4. The minimum atomic E-state index is -0.375. The molecule has 12 rings (SSSR count). The number of phenols is 6. The van der Waals surface area contributed by atoms with Crippen LogP contribution < -0.4 is 40.7 Å². The molecule has 12 aromatic rings. The maximum absolute atomic E-state index is 12.5. The zero-order valence-electron chi connectivity index (χ0n) is 43.9. The van der Waals surface area contributed by atoms with Crippen LogP contribution >= 0.6 is 0 Å². The van der Waals surface area contributed by atoms with E-state index >= 15 is 0 Å². The molecule has 0 aliphatic heterocycles. The molecule has 6 N–H and O–H groups in total. The summed E-state index contributed by atoms with van der Waals surface area (Å²) in [5.41, 5.74) is 3.67. The first-order valence-electron chi connectivity index (χ1n) is 24.6. The fraction of sp³-hybridized carbons (Fsp3) is 0.0625. The third-order valence-corrected chi connectivity index (χ3v) is 12.7. The Kier molecular flexibility index (Phi) is 16.3. The van der Waals surface area contributed by atoms with Gasteiger partial charge in [0.15, 0.2) is 16.3 Å². The molecule has 4 heterocycles. The van der Waals surface area contributed by atoms with E-state index < -0.39 is 0 Å². The molecule has 0 bridgehead atoms. The average molecular weight is 1110 g/mol. The molecular formula is C64H48O18. The largest absolute Gasteiger partial charge is 0.508 e. The highest BCUT2D eigenvalue weighted by Gasteiger charge is 2.16. The van der Waals surface area contributed by atoms with Crippen LogP contribution in [0.4, 0.5) is 0 Å². The molecule has 18 heteroatoms. The van der Waals surface area contributed by atoms with Crippen LogP contribution in [0.5, 0.6) is 57.5 Å². The predicted molar refractivity (Wildman–Crippen MR) is 308 cm³/mol. The van der Waals surface area contributed by atoms with Gasteiger partial charge in [-0.05, 0) is 108 Å². The molecule has 4 aromatic heterocycles. The Morgan fingerprint density at radius 3 is 1.20 bits per heavy atom. The summed E-state index contributed by atoms with van der Waals surface area (Å²) in [5.74, 6) is 2.80. The molecule has 0 atom stereocenters. The first kappa shape index (κ1) is 55.4. The highest BCUT2D eigenvalue weighted by atomic mass is 16.5. The second kappa shape index (κ2) is 24.1. The lowest BCUT2D eigenvalue weighted by Gasteiger charge is -2.06. The molecule has 0 amide bonds. The van der Waals surface area contributed by atoms with Crippen LogP contribution in [0.3, 0.4) is 0 Å². The van der Waals surface area contributed by atoms with Gasteiger partial charge in [0.1, 0.15) is 115 Å².